The van der Waals surface area contributed by atoms with Gasteiger partial charge in [0.05, 0.1) is 6.10 Å². The van der Waals surface area contributed by atoms with Crippen molar-refractivity contribution in [3.63, 3.8) is 0 Å². The van der Waals surface area contributed by atoms with E-state index in [-0.39, 0.29) is 24.2 Å². The minimum absolute atomic E-state index is 0.201. The number of nitrogens with zero attached hydrogens (tertiary/aromatic N) is 2. The lowest BCUT2D eigenvalue weighted by atomic mass is 10.1. The zero-order valence-electron chi connectivity index (χ0n) is 13.0. The first kappa shape index (κ1) is 16.4. The largest absolute Gasteiger partial charge is 0.459 e. The van der Waals surface area contributed by atoms with Crippen molar-refractivity contribution in [2.75, 3.05) is 27.2 Å². The van der Waals surface area contributed by atoms with Crippen molar-refractivity contribution in [1.82, 2.24) is 9.80 Å². The average Bonchev–Trinajstić information content (AvgIpc) is 2.54. The van der Waals surface area contributed by atoms with Gasteiger partial charge in [0, 0.05) is 19.1 Å². The van der Waals surface area contributed by atoms with Crippen molar-refractivity contribution < 1.29 is 14.6 Å². The molecule has 1 fully saturated rings. The topological polar surface area (TPSA) is 53.0 Å². The van der Waals surface area contributed by atoms with Crippen LogP contribution >= 0.6 is 0 Å². The second-order valence-corrected chi connectivity index (χ2v) is 6.71. The molecule has 1 aliphatic rings. The number of ether oxygens (including phenoxy) is 1. The van der Waals surface area contributed by atoms with Crippen molar-refractivity contribution in [3.05, 3.63) is 0 Å². The molecule has 5 nitrogen and oxygen atoms in total. The first-order valence-electron chi connectivity index (χ1n) is 6.91. The summed E-state index contributed by atoms with van der Waals surface area (Å²) in [6.45, 7) is 8.84. The fraction of sp³-hybridized carbons (Fsp3) is 0.929. The van der Waals surface area contributed by atoms with Crippen LogP contribution in [-0.2, 0) is 9.53 Å². The van der Waals surface area contributed by atoms with E-state index in [0.29, 0.717) is 13.0 Å². The third-order valence-corrected chi connectivity index (χ3v) is 3.26. The Morgan fingerprint density at radius 2 is 2.05 bits per heavy atom. The Morgan fingerprint density at radius 3 is 2.53 bits per heavy atom. The number of carbonyl (C=O) groups excluding carboxylic acids is 1. The van der Waals surface area contributed by atoms with E-state index >= 15 is 0 Å². The normalized spacial score (nSPS) is 26.7. The quantitative estimate of drug-likeness (QED) is 0.764. The van der Waals surface area contributed by atoms with Crippen LogP contribution in [0.1, 0.15) is 34.1 Å². The van der Waals surface area contributed by atoms with Crippen LogP contribution < -0.4 is 0 Å². The highest BCUT2D eigenvalue weighted by Crippen LogP contribution is 2.22. The number of likely N-dealkylation sites (N-methyl/N-ethyl adjacent to an activating group) is 1. The number of hydrogen-bond acceptors (Lipinski definition) is 5. The summed E-state index contributed by atoms with van der Waals surface area (Å²) in [5, 5.41) is 9.83. The van der Waals surface area contributed by atoms with Crippen LogP contribution in [0, 0.1) is 0 Å². The lowest BCUT2D eigenvalue weighted by molar-refractivity contribution is -0.161. The van der Waals surface area contributed by atoms with E-state index in [2.05, 4.69) is 9.80 Å². The van der Waals surface area contributed by atoms with Crippen LogP contribution in [0.3, 0.4) is 0 Å². The van der Waals surface area contributed by atoms with E-state index < -0.39 is 5.60 Å². The minimum Gasteiger partial charge on any atom is -0.459 e. The van der Waals surface area contributed by atoms with Crippen LogP contribution in [0.25, 0.3) is 0 Å². The first-order valence-corrected chi connectivity index (χ1v) is 6.91. The number of aliphatic hydroxyl groups is 1. The molecule has 0 aromatic carbocycles. The second-order valence-electron chi connectivity index (χ2n) is 6.71. The second kappa shape index (κ2) is 6.20. The molecule has 0 bridgehead atoms. The maximum Gasteiger partial charge on any atom is 0.323 e. The average molecular weight is 272 g/mol. The summed E-state index contributed by atoms with van der Waals surface area (Å²) >= 11 is 0. The molecule has 0 amide bonds. The standard InChI is InChI=1S/C14H28N2O3/c1-10(13(18)19-14(2,3)4)16-9-12(17)7-11(16)8-15(5)6/h10-12,17H,7-9H2,1-6H3. The number of hydrogen-bond donors (Lipinski definition) is 1. The summed E-state index contributed by atoms with van der Waals surface area (Å²) in [5.74, 6) is -0.217. The Morgan fingerprint density at radius 1 is 1.47 bits per heavy atom. The molecule has 3 atom stereocenters. The highest BCUT2D eigenvalue weighted by Gasteiger charge is 2.38. The minimum atomic E-state index is -0.471. The lowest BCUT2D eigenvalue weighted by Crippen LogP contribution is -2.48. The molecule has 0 aromatic heterocycles. The maximum absolute atomic E-state index is 12.1. The third-order valence-electron chi connectivity index (χ3n) is 3.26. The molecule has 5 heteroatoms. The molecule has 0 aromatic rings. The Bertz CT molecular complexity index is 312. The summed E-state index contributed by atoms with van der Waals surface area (Å²) in [5.41, 5.74) is -0.471. The fourth-order valence-corrected chi connectivity index (χ4v) is 2.51. The Balaban J connectivity index is 2.67. The van der Waals surface area contributed by atoms with Gasteiger partial charge in [-0.25, -0.2) is 0 Å². The van der Waals surface area contributed by atoms with E-state index in [4.69, 9.17) is 4.74 Å². The highest BCUT2D eigenvalue weighted by atomic mass is 16.6. The number of rotatable bonds is 4. The molecule has 1 saturated heterocycles. The number of carbonyl (C=O) groups is 1. The highest BCUT2D eigenvalue weighted by molar-refractivity contribution is 5.75. The van der Waals surface area contributed by atoms with Gasteiger partial charge in [0.1, 0.15) is 11.6 Å². The Labute approximate surface area is 116 Å². The fourth-order valence-electron chi connectivity index (χ4n) is 2.51. The number of likely N-dealkylation sites (tertiary alicyclic amines) is 1. The summed E-state index contributed by atoms with van der Waals surface area (Å²) in [6, 6.07) is -0.117. The van der Waals surface area contributed by atoms with Crippen LogP contribution in [-0.4, -0.2) is 71.8 Å². The summed E-state index contributed by atoms with van der Waals surface area (Å²) in [7, 11) is 4.00. The molecule has 3 unspecified atom stereocenters. The zero-order chi connectivity index (χ0) is 14.8. The van der Waals surface area contributed by atoms with Gasteiger partial charge in [0.25, 0.3) is 0 Å². The van der Waals surface area contributed by atoms with Crippen LogP contribution in [0.5, 0.6) is 0 Å². The van der Waals surface area contributed by atoms with Gasteiger partial charge >= 0.3 is 5.97 Å². The summed E-state index contributed by atoms with van der Waals surface area (Å²) in [4.78, 5) is 16.3. The zero-order valence-corrected chi connectivity index (χ0v) is 13.0. The first-order chi connectivity index (χ1) is 8.60. The van der Waals surface area contributed by atoms with E-state index in [1.807, 2.05) is 41.8 Å². The van der Waals surface area contributed by atoms with Gasteiger partial charge in [0.2, 0.25) is 0 Å². The molecule has 0 spiro atoms. The van der Waals surface area contributed by atoms with Gasteiger partial charge in [0.15, 0.2) is 0 Å². The Kier molecular flexibility index (Phi) is 5.35. The number of β-amino-alcohol motifs (C(OH)–C–C–N with tert-alkyl or cyclic N) is 1. The number of esters is 1. The van der Waals surface area contributed by atoms with Crippen molar-refractivity contribution in [1.29, 1.82) is 0 Å². The molecule has 112 valence electrons. The van der Waals surface area contributed by atoms with Crippen LogP contribution in [0.2, 0.25) is 0 Å². The molecule has 0 saturated carbocycles. The predicted molar refractivity (Wildman–Crippen MR) is 75.0 cm³/mol. The lowest BCUT2D eigenvalue weighted by Gasteiger charge is -2.32. The monoisotopic (exact) mass is 272 g/mol. The smallest absolute Gasteiger partial charge is 0.323 e. The summed E-state index contributed by atoms with van der Waals surface area (Å²) < 4.78 is 5.42. The molecule has 1 N–H and O–H groups in total. The van der Waals surface area contributed by atoms with Crippen LogP contribution in [0.4, 0.5) is 0 Å². The van der Waals surface area contributed by atoms with Crippen LogP contribution in [0.15, 0.2) is 0 Å². The van der Waals surface area contributed by atoms with Gasteiger partial charge in [-0.3, -0.25) is 9.69 Å². The summed E-state index contributed by atoms with van der Waals surface area (Å²) in [6.07, 6.45) is 0.362. The molecule has 1 rings (SSSR count). The number of aliphatic hydroxyl groups excluding tert-OH is 1. The Hall–Kier alpha value is -0.650. The van der Waals surface area contributed by atoms with Crippen molar-refractivity contribution >= 4 is 5.97 Å². The third kappa shape index (κ3) is 5.09. The van der Waals surface area contributed by atoms with Gasteiger partial charge in [-0.05, 0) is 48.2 Å². The van der Waals surface area contributed by atoms with E-state index in [1.54, 1.807) is 0 Å². The van der Waals surface area contributed by atoms with Gasteiger partial charge < -0.3 is 14.7 Å². The van der Waals surface area contributed by atoms with E-state index in [9.17, 15) is 9.90 Å². The SMILES string of the molecule is CC(C(=O)OC(C)(C)C)N1CC(O)CC1CN(C)C. The molecular weight excluding hydrogens is 244 g/mol. The van der Waals surface area contributed by atoms with Crippen molar-refractivity contribution in [2.45, 2.75) is 57.9 Å². The van der Waals surface area contributed by atoms with E-state index in [0.717, 1.165) is 6.54 Å². The van der Waals surface area contributed by atoms with E-state index in [1.165, 1.54) is 0 Å². The molecular formula is C14H28N2O3. The van der Waals surface area contributed by atoms with Gasteiger partial charge in [-0.1, -0.05) is 0 Å². The van der Waals surface area contributed by atoms with Gasteiger partial charge in [-0.2, -0.15) is 0 Å². The van der Waals surface area contributed by atoms with Crippen molar-refractivity contribution in [2.24, 2.45) is 0 Å². The molecule has 0 radical (unpaired) electrons. The maximum atomic E-state index is 12.1. The molecule has 0 aliphatic carbocycles. The predicted octanol–water partition coefficient (Wildman–Crippen LogP) is 0.713. The molecule has 1 aliphatic heterocycles. The molecule has 19 heavy (non-hydrogen) atoms. The molecule has 1 heterocycles. The van der Waals surface area contributed by atoms with Gasteiger partial charge in [-0.15, -0.1) is 0 Å². The van der Waals surface area contributed by atoms with Crippen molar-refractivity contribution in [3.8, 4) is 0 Å².